The highest BCUT2D eigenvalue weighted by atomic mass is 16.5. The Labute approximate surface area is 145 Å². The number of rotatable bonds is 4. The average molecular weight is 339 g/mol. The van der Waals surface area contributed by atoms with Gasteiger partial charge in [-0.05, 0) is 37.1 Å². The molecule has 0 bridgehead atoms. The minimum absolute atomic E-state index is 0.327. The lowest BCUT2D eigenvalue weighted by atomic mass is 10.1. The molecule has 0 spiro atoms. The largest absolute Gasteiger partial charge is 0.464 e. The standard InChI is InChI=1S/C18H21N5O2/c1-25-18(24)16-7-11-23(21-16)15-5-9-22(10-6-15)12-14-3-2-13-4-8-19-17(13)20-14/h2-4,7-8,11,15H,5-6,9-10,12H2,1H3,(H,19,20). The monoisotopic (exact) mass is 339 g/mol. The van der Waals surface area contributed by atoms with Crippen molar-refractivity contribution in [2.45, 2.75) is 25.4 Å². The van der Waals surface area contributed by atoms with Crippen molar-refractivity contribution in [2.24, 2.45) is 0 Å². The highest BCUT2D eigenvalue weighted by Gasteiger charge is 2.22. The molecule has 1 fully saturated rings. The summed E-state index contributed by atoms with van der Waals surface area (Å²) < 4.78 is 6.61. The second-order valence-corrected chi connectivity index (χ2v) is 6.40. The lowest BCUT2D eigenvalue weighted by Gasteiger charge is -2.31. The van der Waals surface area contributed by atoms with Crippen LogP contribution >= 0.6 is 0 Å². The van der Waals surface area contributed by atoms with Gasteiger partial charge in [-0.25, -0.2) is 9.78 Å². The summed E-state index contributed by atoms with van der Waals surface area (Å²) in [7, 11) is 1.37. The normalized spacial score (nSPS) is 16.4. The molecule has 4 rings (SSSR count). The predicted octanol–water partition coefficient (Wildman–Crippen LogP) is 2.38. The van der Waals surface area contributed by atoms with E-state index < -0.39 is 0 Å². The number of ether oxygens (including phenoxy) is 1. The van der Waals surface area contributed by atoms with E-state index >= 15 is 0 Å². The molecule has 7 nitrogen and oxygen atoms in total. The first kappa shape index (κ1) is 15.8. The number of H-pyrrole nitrogens is 1. The second-order valence-electron chi connectivity index (χ2n) is 6.40. The molecule has 1 aliphatic heterocycles. The highest BCUT2D eigenvalue weighted by Crippen LogP contribution is 2.23. The molecule has 1 aliphatic rings. The molecule has 0 radical (unpaired) electrons. The van der Waals surface area contributed by atoms with Crippen LogP contribution in [0.15, 0.2) is 36.7 Å². The van der Waals surface area contributed by atoms with Crippen LogP contribution < -0.4 is 0 Å². The van der Waals surface area contributed by atoms with E-state index in [0.717, 1.165) is 49.2 Å². The van der Waals surface area contributed by atoms with E-state index in [1.807, 2.05) is 23.1 Å². The molecule has 1 saturated heterocycles. The van der Waals surface area contributed by atoms with Gasteiger partial charge < -0.3 is 9.72 Å². The zero-order valence-corrected chi connectivity index (χ0v) is 14.2. The molecule has 0 unspecified atom stereocenters. The zero-order chi connectivity index (χ0) is 17.2. The minimum atomic E-state index is -0.387. The zero-order valence-electron chi connectivity index (χ0n) is 14.2. The Morgan fingerprint density at radius 2 is 2.12 bits per heavy atom. The van der Waals surface area contributed by atoms with Crippen molar-refractivity contribution in [3.05, 3.63) is 48.0 Å². The fourth-order valence-electron chi connectivity index (χ4n) is 3.38. The van der Waals surface area contributed by atoms with Gasteiger partial charge in [0.1, 0.15) is 5.65 Å². The third kappa shape index (κ3) is 3.28. The molecule has 0 aliphatic carbocycles. The van der Waals surface area contributed by atoms with Crippen LogP contribution in [0.3, 0.4) is 0 Å². The fraction of sp³-hybridized carbons (Fsp3) is 0.389. The molecule has 0 saturated carbocycles. The number of aromatic amines is 1. The van der Waals surface area contributed by atoms with Crippen molar-refractivity contribution in [2.75, 3.05) is 20.2 Å². The van der Waals surface area contributed by atoms with Crippen molar-refractivity contribution >= 4 is 17.0 Å². The SMILES string of the molecule is COC(=O)c1ccn(C2CCN(Cc3ccc4cc[nH]c4n3)CC2)n1. The van der Waals surface area contributed by atoms with Crippen molar-refractivity contribution in [3.63, 3.8) is 0 Å². The summed E-state index contributed by atoms with van der Waals surface area (Å²) in [6, 6.07) is 8.28. The number of pyridine rings is 1. The molecule has 1 N–H and O–H groups in total. The van der Waals surface area contributed by atoms with Crippen molar-refractivity contribution in [1.29, 1.82) is 0 Å². The van der Waals surface area contributed by atoms with Gasteiger partial charge >= 0.3 is 5.97 Å². The molecule has 3 aromatic heterocycles. The highest BCUT2D eigenvalue weighted by molar-refractivity contribution is 5.86. The molecule has 0 aromatic carbocycles. The van der Waals surface area contributed by atoms with Gasteiger partial charge in [0.05, 0.1) is 18.8 Å². The van der Waals surface area contributed by atoms with Crippen LogP contribution in [-0.2, 0) is 11.3 Å². The van der Waals surface area contributed by atoms with Gasteiger partial charge in [-0.3, -0.25) is 9.58 Å². The van der Waals surface area contributed by atoms with Gasteiger partial charge in [0, 0.05) is 37.4 Å². The van der Waals surface area contributed by atoms with Gasteiger partial charge in [-0.2, -0.15) is 5.10 Å². The molecule has 7 heteroatoms. The summed E-state index contributed by atoms with van der Waals surface area (Å²) >= 11 is 0. The summed E-state index contributed by atoms with van der Waals surface area (Å²) in [6.07, 6.45) is 5.80. The fourth-order valence-corrected chi connectivity index (χ4v) is 3.38. The van der Waals surface area contributed by atoms with Crippen molar-refractivity contribution in [3.8, 4) is 0 Å². The van der Waals surface area contributed by atoms with Crippen LogP contribution in [0.25, 0.3) is 11.0 Å². The smallest absolute Gasteiger partial charge is 0.358 e. The number of nitrogens with one attached hydrogen (secondary N) is 1. The third-order valence-corrected chi connectivity index (χ3v) is 4.79. The number of aromatic nitrogens is 4. The number of fused-ring (bicyclic) bond motifs is 1. The third-order valence-electron chi connectivity index (χ3n) is 4.79. The second kappa shape index (κ2) is 6.68. The van der Waals surface area contributed by atoms with Crippen LogP contribution in [0.4, 0.5) is 0 Å². The summed E-state index contributed by atoms with van der Waals surface area (Å²) in [5.41, 5.74) is 2.40. The Hall–Kier alpha value is -2.67. The van der Waals surface area contributed by atoms with E-state index in [2.05, 4.69) is 32.1 Å². The quantitative estimate of drug-likeness (QED) is 0.739. The van der Waals surface area contributed by atoms with E-state index in [9.17, 15) is 4.79 Å². The topological polar surface area (TPSA) is 76.0 Å². The van der Waals surface area contributed by atoms with E-state index in [1.165, 1.54) is 7.11 Å². The number of piperidine rings is 1. The summed E-state index contributed by atoms with van der Waals surface area (Å²) in [4.78, 5) is 21.8. The molecule has 25 heavy (non-hydrogen) atoms. The Morgan fingerprint density at radius 3 is 2.92 bits per heavy atom. The van der Waals surface area contributed by atoms with Gasteiger partial charge in [-0.15, -0.1) is 0 Å². The molecule has 130 valence electrons. The Kier molecular flexibility index (Phi) is 4.23. The number of carbonyl (C=O) groups is 1. The lowest BCUT2D eigenvalue weighted by molar-refractivity contribution is 0.0592. The lowest BCUT2D eigenvalue weighted by Crippen LogP contribution is -2.34. The Balaban J connectivity index is 1.36. The summed E-state index contributed by atoms with van der Waals surface area (Å²) in [5.74, 6) is -0.387. The molecular formula is C18H21N5O2. The maximum absolute atomic E-state index is 11.5. The first-order valence-corrected chi connectivity index (χ1v) is 8.52. The number of carbonyl (C=O) groups excluding carboxylic acids is 1. The number of likely N-dealkylation sites (tertiary alicyclic amines) is 1. The van der Waals surface area contributed by atoms with Gasteiger partial charge in [0.15, 0.2) is 5.69 Å². The van der Waals surface area contributed by atoms with Crippen molar-refractivity contribution < 1.29 is 9.53 Å². The van der Waals surface area contributed by atoms with E-state index in [-0.39, 0.29) is 5.97 Å². The van der Waals surface area contributed by atoms with E-state index in [4.69, 9.17) is 4.74 Å². The molecule has 0 atom stereocenters. The summed E-state index contributed by atoms with van der Waals surface area (Å²) in [5, 5.41) is 5.49. The predicted molar refractivity (Wildman–Crippen MR) is 93.2 cm³/mol. The number of esters is 1. The van der Waals surface area contributed by atoms with Gasteiger partial charge in [-0.1, -0.05) is 0 Å². The van der Waals surface area contributed by atoms with E-state index in [0.29, 0.717) is 11.7 Å². The average Bonchev–Trinajstić information content (AvgIpc) is 3.31. The van der Waals surface area contributed by atoms with E-state index in [1.54, 1.807) is 6.07 Å². The van der Waals surface area contributed by atoms with Crippen LogP contribution in [0, 0.1) is 0 Å². The minimum Gasteiger partial charge on any atom is -0.464 e. The van der Waals surface area contributed by atoms with Crippen LogP contribution in [0.5, 0.6) is 0 Å². The number of methoxy groups -OCH3 is 1. The molecule has 3 aromatic rings. The maximum Gasteiger partial charge on any atom is 0.358 e. The first-order chi connectivity index (χ1) is 12.2. The van der Waals surface area contributed by atoms with Crippen LogP contribution in [0.1, 0.15) is 35.1 Å². The number of hydrogen-bond acceptors (Lipinski definition) is 5. The molecular weight excluding hydrogens is 318 g/mol. The maximum atomic E-state index is 11.5. The summed E-state index contributed by atoms with van der Waals surface area (Å²) in [6.45, 7) is 2.83. The number of nitrogens with zero attached hydrogens (tertiary/aromatic N) is 4. The van der Waals surface area contributed by atoms with Crippen molar-refractivity contribution in [1.82, 2.24) is 24.6 Å². The Morgan fingerprint density at radius 1 is 1.28 bits per heavy atom. The number of hydrogen-bond donors (Lipinski definition) is 1. The van der Waals surface area contributed by atoms with Crippen LogP contribution in [-0.4, -0.2) is 50.8 Å². The van der Waals surface area contributed by atoms with Crippen LogP contribution in [0.2, 0.25) is 0 Å². The molecule has 0 amide bonds. The van der Waals surface area contributed by atoms with Gasteiger partial charge in [0.25, 0.3) is 0 Å². The molecule has 4 heterocycles. The first-order valence-electron chi connectivity index (χ1n) is 8.52. The van der Waals surface area contributed by atoms with Gasteiger partial charge in [0.2, 0.25) is 0 Å². The Bertz CT molecular complexity index is 876.